The predicted octanol–water partition coefficient (Wildman–Crippen LogP) is -0.164. The van der Waals surface area contributed by atoms with Gasteiger partial charge in [-0.1, -0.05) is 0 Å². The average Bonchev–Trinajstić information content (AvgIpc) is 2.28. The summed E-state index contributed by atoms with van der Waals surface area (Å²) < 4.78 is 48.2. The van der Waals surface area contributed by atoms with Crippen molar-refractivity contribution >= 4 is 25.5 Å². The molecule has 7 nitrogen and oxygen atoms in total. The molecule has 0 radical (unpaired) electrons. The van der Waals surface area contributed by atoms with Crippen molar-refractivity contribution in [3.8, 4) is 0 Å². The van der Waals surface area contributed by atoms with E-state index in [1.807, 2.05) is 6.92 Å². The lowest BCUT2D eigenvalue weighted by molar-refractivity contribution is 0.582. The molecule has 2 N–H and O–H groups in total. The van der Waals surface area contributed by atoms with Crippen LogP contribution in [0.1, 0.15) is 6.92 Å². The van der Waals surface area contributed by atoms with Crippen LogP contribution in [0.3, 0.4) is 0 Å². The average molecular weight is 307 g/mol. The number of hydrogen-bond acceptors (Lipinski definition) is 6. The summed E-state index contributed by atoms with van der Waals surface area (Å²) in [6, 6.07) is 1.55. The molecule has 108 valence electrons. The molecule has 1 heterocycles. The lowest BCUT2D eigenvalue weighted by atomic mass is 10.4. The third kappa shape index (κ3) is 5.13. The molecule has 1 aromatic heterocycles. The largest absolute Gasteiger partial charge is 0.384 e. The minimum atomic E-state index is -3.78. The van der Waals surface area contributed by atoms with E-state index < -0.39 is 19.9 Å². The number of hydrogen-bond donors (Lipinski definition) is 2. The number of pyridine rings is 1. The molecule has 0 fully saturated rings. The third-order valence-corrected chi connectivity index (χ3v) is 4.64. The number of nitrogens with zero attached hydrogens (tertiary/aromatic N) is 1. The normalized spacial score (nSPS) is 12.3. The molecule has 1 aromatic rings. The number of anilines is 1. The van der Waals surface area contributed by atoms with E-state index in [1.165, 1.54) is 12.4 Å². The fourth-order valence-electron chi connectivity index (χ4n) is 1.37. The van der Waals surface area contributed by atoms with Crippen LogP contribution in [0.15, 0.2) is 23.4 Å². The van der Waals surface area contributed by atoms with E-state index in [0.717, 1.165) is 6.26 Å². The van der Waals surface area contributed by atoms with Crippen LogP contribution in [-0.4, -0.2) is 46.9 Å². The van der Waals surface area contributed by atoms with Crippen molar-refractivity contribution < 1.29 is 16.8 Å². The van der Waals surface area contributed by atoms with Crippen molar-refractivity contribution in [2.45, 2.75) is 11.8 Å². The van der Waals surface area contributed by atoms with Crippen molar-refractivity contribution in [3.05, 3.63) is 18.5 Å². The fourth-order valence-corrected chi connectivity index (χ4v) is 3.13. The van der Waals surface area contributed by atoms with Gasteiger partial charge in [0.15, 0.2) is 0 Å². The molecule has 0 saturated heterocycles. The molecule has 0 aromatic carbocycles. The molecule has 0 amide bonds. The zero-order valence-corrected chi connectivity index (χ0v) is 12.4. The summed E-state index contributed by atoms with van der Waals surface area (Å²) in [5, 5.41) is 2.91. The van der Waals surface area contributed by atoms with Crippen LogP contribution in [0.2, 0.25) is 0 Å². The molecule has 0 aliphatic carbocycles. The minimum absolute atomic E-state index is 0.00495. The van der Waals surface area contributed by atoms with Gasteiger partial charge in [-0.2, -0.15) is 0 Å². The Kier molecular flexibility index (Phi) is 5.27. The SMILES string of the molecule is CCNc1ccncc1S(=O)(=O)NCCS(C)(=O)=O. The third-order valence-electron chi connectivity index (χ3n) is 2.21. The number of nitrogens with one attached hydrogen (secondary N) is 2. The molecule has 9 heteroatoms. The predicted molar refractivity (Wildman–Crippen MR) is 73.3 cm³/mol. The number of sulfone groups is 1. The highest BCUT2D eigenvalue weighted by Crippen LogP contribution is 2.18. The van der Waals surface area contributed by atoms with Crippen molar-refractivity contribution in [3.63, 3.8) is 0 Å². The summed E-state index contributed by atoms with van der Waals surface area (Å²) >= 11 is 0. The monoisotopic (exact) mass is 307 g/mol. The first-order chi connectivity index (χ1) is 8.76. The van der Waals surface area contributed by atoms with E-state index in [0.29, 0.717) is 12.2 Å². The van der Waals surface area contributed by atoms with Crippen LogP contribution in [-0.2, 0) is 19.9 Å². The van der Waals surface area contributed by atoms with Gasteiger partial charge in [-0.3, -0.25) is 4.98 Å². The Hall–Kier alpha value is -1.19. The maximum atomic E-state index is 12.0. The van der Waals surface area contributed by atoms with Crippen molar-refractivity contribution in [1.29, 1.82) is 0 Å². The molecular weight excluding hydrogens is 290 g/mol. The van der Waals surface area contributed by atoms with Crippen molar-refractivity contribution in [1.82, 2.24) is 9.71 Å². The Labute approximate surface area is 113 Å². The second-order valence-corrected chi connectivity index (χ2v) is 7.92. The number of aromatic nitrogens is 1. The second-order valence-electron chi connectivity index (χ2n) is 3.93. The van der Waals surface area contributed by atoms with Crippen LogP contribution in [0.4, 0.5) is 5.69 Å². The number of rotatable bonds is 7. The van der Waals surface area contributed by atoms with E-state index in [-0.39, 0.29) is 17.2 Å². The number of sulfonamides is 1. The zero-order valence-electron chi connectivity index (χ0n) is 10.8. The molecule has 19 heavy (non-hydrogen) atoms. The van der Waals surface area contributed by atoms with Crippen molar-refractivity contribution in [2.24, 2.45) is 0 Å². The highest BCUT2D eigenvalue weighted by molar-refractivity contribution is 7.91. The Bertz CT molecular complexity index is 626. The Morgan fingerprint density at radius 2 is 1.95 bits per heavy atom. The van der Waals surface area contributed by atoms with Gasteiger partial charge in [0.2, 0.25) is 10.0 Å². The lowest BCUT2D eigenvalue weighted by Gasteiger charge is -2.11. The van der Waals surface area contributed by atoms with E-state index in [1.54, 1.807) is 6.07 Å². The molecule has 0 saturated carbocycles. The fraction of sp³-hybridized carbons (Fsp3) is 0.500. The van der Waals surface area contributed by atoms with Crippen LogP contribution >= 0.6 is 0 Å². The Morgan fingerprint density at radius 1 is 1.26 bits per heavy atom. The molecule has 0 aliphatic rings. The first-order valence-corrected chi connectivity index (χ1v) is 9.16. The van der Waals surface area contributed by atoms with Gasteiger partial charge in [0.05, 0.1) is 11.4 Å². The summed E-state index contributed by atoms with van der Waals surface area (Å²) in [6.45, 7) is 2.24. The summed E-state index contributed by atoms with van der Waals surface area (Å²) in [7, 11) is -6.98. The lowest BCUT2D eigenvalue weighted by Crippen LogP contribution is -2.29. The van der Waals surface area contributed by atoms with E-state index in [9.17, 15) is 16.8 Å². The zero-order chi connectivity index (χ0) is 14.5. The van der Waals surface area contributed by atoms with Gasteiger partial charge >= 0.3 is 0 Å². The van der Waals surface area contributed by atoms with Gasteiger partial charge in [0, 0.05) is 31.7 Å². The van der Waals surface area contributed by atoms with E-state index >= 15 is 0 Å². The first-order valence-electron chi connectivity index (χ1n) is 5.61. The smallest absolute Gasteiger partial charge is 0.244 e. The van der Waals surface area contributed by atoms with E-state index in [2.05, 4.69) is 15.0 Å². The van der Waals surface area contributed by atoms with Gasteiger partial charge in [0.1, 0.15) is 14.7 Å². The van der Waals surface area contributed by atoms with Gasteiger partial charge in [-0.05, 0) is 13.0 Å². The molecule has 0 bridgehead atoms. The molecule has 0 aliphatic heterocycles. The van der Waals surface area contributed by atoms with Crippen LogP contribution in [0.25, 0.3) is 0 Å². The molecule has 0 unspecified atom stereocenters. The van der Waals surface area contributed by atoms with Gasteiger partial charge in [0.25, 0.3) is 0 Å². The summed E-state index contributed by atoms with van der Waals surface area (Å²) in [5.41, 5.74) is 0.435. The Balaban J connectivity index is 2.88. The van der Waals surface area contributed by atoms with Gasteiger partial charge < -0.3 is 5.32 Å². The standard InChI is InChI=1S/C10H17N3O4S2/c1-3-12-9-4-5-11-8-10(9)19(16,17)13-6-7-18(2,14)15/h4-5,8,13H,3,6-7H2,1-2H3,(H,11,12). The van der Waals surface area contributed by atoms with Gasteiger partial charge in [-0.15, -0.1) is 0 Å². The van der Waals surface area contributed by atoms with Crippen LogP contribution in [0, 0.1) is 0 Å². The summed E-state index contributed by atoms with van der Waals surface area (Å²) in [5.74, 6) is -0.247. The molecular formula is C10H17N3O4S2. The van der Waals surface area contributed by atoms with E-state index in [4.69, 9.17) is 0 Å². The summed E-state index contributed by atoms with van der Waals surface area (Å²) in [6.07, 6.45) is 3.75. The highest BCUT2D eigenvalue weighted by atomic mass is 32.2. The summed E-state index contributed by atoms with van der Waals surface area (Å²) in [4.78, 5) is 3.78. The second kappa shape index (κ2) is 6.31. The van der Waals surface area contributed by atoms with Crippen LogP contribution < -0.4 is 10.0 Å². The van der Waals surface area contributed by atoms with Crippen molar-refractivity contribution in [2.75, 3.05) is 30.4 Å². The molecule has 0 atom stereocenters. The quantitative estimate of drug-likeness (QED) is 0.725. The molecule has 0 spiro atoms. The van der Waals surface area contributed by atoms with Crippen LogP contribution in [0.5, 0.6) is 0 Å². The maximum absolute atomic E-state index is 12.0. The highest BCUT2D eigenvalue weighted by Gasteiger charge is 2.18. The first kappa shape index (κ1) is 15.9. The minimum Gasteiger partial charge on any atom is -0.384 e. The Morgan fingerprint density at radius 3 is 2.53 bits per heavy atom. The molecule has 1 rings (SSSR count). The maximum Gasteiger partial charge on any atom is 0.244 e. The topological polar surface area (TPSA) is 105 Å². The van der Waals surface area contributed by atoms with Gasteiger partial charge in [-0.25, -0.2) is 21.6 Å².